The maximum atomic E-state index is 14.7. The summed E-state index contributed by atoms with van der Waals surface area (Å²) in [6.07, 6.45) is 2.71. The van der Waals surface area contributed by atoms with Gasteiger partial charge in [0.2, 0.25) is 5.82 Å². The van der Waals surface area contributed by atoms with Gasteiger partial charge in [-0.2, -0.15) is 9.90 Å². The van der Waals surface area contributed by atoms with E-state index in [2.05, 4.69) is 30.5 Å². The van der Waals surface area contributed by atoms with Crippen LogP contribution in [-0.2, 0) is 19.2 Å². The molecular formula is C21H16F2N8OS. The van der Waals surface area contributed by atoms with Crippen LogP contribution in [0.25, 0.3) is 22.6 Å². The molecule has 2 aromatic carbocycles. The maximum Gasteiger partial charge on any atom is 0.204 e. The molecule has 0 saturated heterocycles. The third-order valence-corrected chi connectivity index (χ3v) is 6.03. The Morgan fingerprint density at radius 2 is 1.88 bits per heavy atom. The zero-order chi connectivity index (χ0) is 23.0. The minimum Gasteiger partial charge on any atom is -0.376 e. The molecule has 1 N–H and O–H groups in total. The quantitative estimate of drug-likeness (QED) is 0.410. The second-order valence-electron chi connectivity index (χ2n) is 7.30. The predicted molar refractivity (Wildman–Crippen MR) is 115 cm³/mol. The van der Waals surface area contributed by atoms with E-state index in [1.165, 1.54) is 28.2 Å². The van der Waals surface area contributed by atoms with E-state index in [0.717, 1.165) is 34.6 Å². The molecule has 166 valence electrons. The fourth-order valence-corrected chi connectivity index (χ4v) is 4.36. The molecule has 0 amide bonds. The fourth-order valence-electron chi connectivity index (χ4n) is 3.43. The van der Waals surface area contributed by atoms with Crippen molar-refractivity contribution in [3.05, 3.63) is 82.7 Å². The molecule has 0 spiro atoms. The summed E-state index contributed by atoms with van der Waals surface area (Å²) in [5.41, 5.74) is 0.168. The Kier molecular flexibility index (Phi) is 5.23. The van der Waals surface area contributed by atoms with Gasteiger partial charge in [0.25, 0.3) is 0 Å². The van der Waals surface area contributed by atoms with Crippen LogP contribution in [0.15, 0.2) is 60.5 Å². The second-order valence-corrected chi connectivity index (χ2v) is 8.15. The van der Waals surface area contributed by atoms with Gasteiger partial charge in [-0.15, -0.1) is 21.5 Å². The lowest BCUT2D eigenvalue weighted by Gasteiger charge is -2.26. The molecule has 12 heteroatoms. The van der Waals surface area contributed by atoms with Gasteiger partial charge in [0.05, 0.1) is 19.3 Å². The second kappa shape index (κ2) is 8.22. The van der Waals surface area contributed by atoms with Crippen LogP contribution in [0.3, 0.4) is 0 Å². The topological polar surface area (TPSA) is 107 Å². The third-order valence-electron chi connectivity index (χ3n) is 5.04. The third kappa shape index (κ3) is 4.01. The molecule has 5 aromatic rings. The van der Waals surface area contributed by atoms with Gasteiger partial charge in [0.1, 0.15) is 29.3 Å². The van der Waals surface area contributed by atoms with Crippen molar-refractivity contribution in [2.75, 3.05) is 0 Å². The Morgan fingerprint density at radius 1 is 1.09 bits per heavy atom. The summed E-state index contributed by atoms with van der Waals surface area (Å²) >= 11 is 1.16. The van der Waals surface area contributed by atoms with Crippen molar-refractivity contribution in [2.45, 2.75) is 12.1 Å². The molecular weight excluding hydrogens is 450 g/mol. The number of hydrogen-bond acceptors (Lipinski definition) is 8. The standard InChI is InChI=1S/C21H16F2N8OS/c1-30-28-19(27-29-30)14-4-2-13(3-5-14)18-9-33-20(26-18)21(32,10-31-12-24-11-25-31)16-7-6-15(22)8-17(16)23/h2-9,11-12,32H,10H2,1H3. The van der Waals surface area contributed by atoms with E-state index in [-0.39, 0.29) is 17.1 Å². The number of benzene rings is 2. The molecule has 0 fully saturated rings. The number of thiazole rings is 1. The van der Waals surface area contributed by atoms with Crippen LogP contribution in [0.5, 0.6) is 0 Å². The van der Waals surface area contributed by atoms with Gasteiger partial charge in [-0.25, -0.2) is 23.4 Å². The van der Waals surface area contributed by atoms with Crippen molar-refractivity contribution in [2.24, 2.45) is 7.05 Å². The highest BCUT2D eigenvalue weighted by molar-refractivity contribution is 7.10. The average Bonchev–Trinajstić information content (AvgIpc) is 3.56. The number of nitrogens with zero attached hydrogens (tertiary/aromatic N) is 8. The minimum absolute atomic E-state index is 0.107. The zero-order valence-electron chi connectivity index (χ0n) is 17.2. The van der Waals surface area contributed by atoms with E-state index < -0.39 is 17.2 Å². The molecule has 3 heterocycles. The highest BCUT2D eigenvalue weighted by Gasteiger charge is 2.38. The number of halogens is 2. The van der Waals surface area contributed by atoms with Gasteiger partial charge < -0.3 is 5.11 Å². The first-order valence-electron chi connectivity index (χ1n) is 9.73. The Balaban J connectivity index is 1.52. The lowest BCUT2D eigenvalue weighted by Crippen LogP contribution is -2.34. The van der Waals surface area contributed by atoms with Crippen LogP contribution in [0.1, 0.15) is 10.6 Å². The Hall–Kier alpha value is -3.90. The van der Waals surface area contributed by atoms with Gasteiger partial charge in [-0.05, 0) is 17.3 Å². The summed E-state index contributed by atoms with van der Waals surface area (Å²) in [5, 5.41) is 29.6. The molecule has 0 radical (unpaired) electrons. The van der Waals surface area contributed by atoms with Gasteiger partial charge in [0, 0.05) is 28.1 Å². The summed E-state index contributed by atoms with van der Waals surface area (Å²) < 4.78 is 29.6. The largest absolute Gasteiger partial charge is 0.376 e. The monoisotopic (exact) mass is 466 g/mol. The summed E-state index contributed by atoms with van der Waals surface area (Å²) in [6.45, 7) is -0.153. The Labute approximate surface area is 190 Å². The number of hydrogen-bond donors (Lipinski definition) is 1. The number of aliphatic hydroxyl groups is 1. The summed E-state index contributed by atoms with van der Waals surface area (Å²) in [6, 6.07) is 10.4. The average molecular weight is 466 g/mol. The first kappa shape index (κ1) is 21.0. The molecule has 3 aromatic heterocycles. The van der Waals surface area contributed by atoms with Gasteiger partial charge >= 0.3 is 0 Å². The molecule has 1 unspecified atom stereocenters. The number of aromatic nitrogens is 8. The van der Waals surface area contributed by atoms with Gasteiger partial charge in [0.15, 0.2) is 5.60 Å². The summed E-state index contributed by atoms with van der Waals surface area (Å²) in [4.78, 5) is 9.83. The lowest BCUT2D eigenvalue weighted by atomic mass is 9.93. The molecule has 0 saturated carbocycles. The van der Waals surface area contributed by atoms with Crippen molar-refractivity contribution in [1.29, 1.82) is 0 Å². The van der Waals surface area contributed by atoms with E-state index in [1.807, 2.05) is 24.3 Å². The Morgan fingerprint density at radius 3 is 2.55 bits per heavy atom. The van der Waals surface area contributed by atoms with E-state index >= 15 is 0 Å². The van der Waals surface area contributed by atoms with Crippen molar-refractivity contribution >= 4 is 11.3 Å². The summed E-state index contributed by atoms with van der Waals surface area (Å²) in [7, 11) is 1.69. The van der Waals surface area contributed by atoms with E-state index in [1.54, 1.807) is 12.4 Å². The van der Waals surface area contributed by atoms with Crippen LogP contribution < -0.4 is 0 Å². The van der Waals surface area contributed by atoms with Crippen molar-refractivity contribution in [3.8, 4) is 22.6 Å². The molecule has 9 nitrogen and oxygen atoms in total. The highest BCUT2D eigenvalue weighted by atomic mass is 32.1. The van der Waals surface area contributed by atoms with Crippen LogP contribution in [0, 0.1) is 11.6 Å². The van der Waals surface area contributed by atoms with Crippen LogP contribution >= 0.6 is 11.3 Å². The molecule has 33 heavy (non-hydrogen) atoms. The fraction of sp³-hybridized carbons (Fsp3) is 0.143. The molecule has 0 aliphatic heterocycles. The van der Waals surface area contributed by atoms with Crippen LogP contribution in [0.2, 0.25) is 0 Å². The first-order chi connectivity index (χ1) is 15.9. The maximum absolute atomic E-state index is 14.7. The lowest BCUT2D eigenvalue weighted by molar-refractivity contribution is 0.0533. The van der Waals surface area contributed by atoms with E-state index in [0.29, 0.717) is 11.5 Å². The molecule has 0 bridgehead atoms. The number of tetrazole rings is 1. The summed E-state index contributed by atoms with van der Waals surface area (Å²) in [5.74, 6) is -1.12. The minimum atomic E-state index is -1.89. The molecule has 0 aliphatic rings. The van der Waals surface area contributed by atoms with Crippen LogP contribution in [0.4, 0.5) is 8.78 Å². The van der Waals surface area contributed by atoms with E-state index in [4.69, 9.17) is 0 Å². The predicted octanol–water partition coefficient (Wildman–Crippen LogP) is 2.81. The first-order valence-corrected chi connectivity index (χ1v) is 10.6. The van der Waals surface area contributed by atoms with Crippen molar-refractivity contribution in [1.82, 2.24) is 40.0 Å². The zero-order valence-corrected chi connectivity index (χ0v) is 18.0. The van der Waals surface area contributed by atoms with Crippen molar-refractivity contribution in [3.63, 3.8) is 0 Å². The molecule has 5 rings (SSSR count). The number of aryl methyl sites for hydroxylation is 1. The van der Waals surface area contributed by atoms with Crippen LogP contribution in [-0.4, -0.2) is 45.1 Å². The molecule has 0 aliphatic carbocycles. The normalized spacial score (nSPS) is 13.2. The SMILES string of the molecule is Cn1nnc(-c2ccc(-c3csc(C(O)(Cn4cncn4)c4ccc(F)cc4F)n3)cc2)n1. The van der Waals surface area contributed by atoms with Gasteiger partial charge in [-0.1, -0.05) is 24.3 Å². The van der Waals surface area contributed by atoms with E-state index in [9.17, 15) is 13.9 Å². The van der Waals surface area contributed by atoms with Crippen molar-refractivity contribution < 1.29 is 13.9 Å². The highest BCUT2D eigenvalue weighted by Crippen LogP contribution is 2.37. The van der Waals surface area contributed by atoms with Gasteiger partial charge in [-0.3, -0.25) is 0 Å². The smallest absolute Gasteiger partial charge is 0.204 e. The number of rotatable bonds is 6. The Bertz CT molecular complexity index is 1400. The molecule has 1 atom stereocenters.